The number of hydrogen-bond donors (Lipinski definition) is 2. The second-order valence-electron chi connectivity index (χ2n) is 7.00. The Labute approximate surface area is 163 Å². The third-order valence-electron chi connectivity index (χ3n) is 5.02. The van der Waals surface area contributed by atoms with E-state index >= 15 is 0 Å². The van der Waals surface area contributed by atoms with Crippen LogP contribution in [0.5, 0.6) is 0 Å². The second-order valence-corrected chi connectivity index (χ2v) is 7.00. The van der Waals surface area contributed by atoms with Crippen molar-refractivity contribution in [1.29, 1.82) is 5.26 Å². The molecule has 1 aromatic carbocycles. The highest BCUT2D eigenvalue weighted by atomic mass is 19.1. The number of nitrogens with two attached hydrogens (primary N) is 2. The summed E-state index contributed by atoms with van der Waals surface area (Å²) in [5.41, 5.74) is 13.8. The van der Waals surface area contributed by atoms with E-state index in [1.807, 2.05) is 16.5 Å². The first-order valence-corrected chi connectivity index (χ1v) is 9.13. The summed E-state index contributed by atoms with van der Waals surface area (Å²) in [4.78, 5) is 2.05. The quantitative estimate of drug-likeness (QED) is 0.787. The molecule has 7 nitrogen and oxygen atoms in total. The smallest absolute Gasteiger partial charge is 0.135 e. The van der Waals surface area contributed by atoms with Crippen LogP contribution in [0.4, 0.5) is 10.1 Å². The maximum Gasteiger partial charge on any atom is 0.135 e. The lowest BCUT2D eigenvalue weighted by molar-refractivity contribution is 0.473. The zero-order valence-corrected chi connectivity index (χ0v) is 16.1. The zero-order valence-electron chi connectivity index (χ0n) is 16.1. The molecule has 1 aliphatic heterocycles. The topological polar surface area (TPSA) is 110 Å². The summed E-state index contributed by atoms with van der Waals surface area (Å²) in [6.07, 6.45) is 6.31. The first-order chi connectivity index (χ1) is 13.5. The van der Waals surface area contributed by atoms with Gasteiger partial charge in [-0.1, -0.05) is 0 Å². The van der Waals surface area contributed by atoms with Gasteiger partial charge in [-0.15, -0.1) is 10.2 Å². The third kappa shape index (κ3) is 3.69. The summed E-state index contributed by atoms with van der Waals surface area (Å²) in [5.74, 6) is 0.796. The van der Waals surface area contributed by atoms with Gasteiger partial charge in [-0.05, 0) is 38.0 Å². The lowest BCUT2D eigenvalue weighted by Crippen LogP contribution is -2.35. The van der Waals surface area contributed by atoms with Crippen molar-refractivity contribution < 1.29 is 4.39 Å². The molecule has 28 heavy (non-hydrogen) atoms. The summed E-state index contributed by atoms with van der Waals surface area (Å²) in [6.45, 7) is 3.05. The minimum Gasteiger partial charge on any atom is -0.404 e. The molecule has 0 atom stereocenters. The number of benzene rings is 1. The maximum absolute atomic E-state index is 14.8. The number of piperidine rings is 1. The minimum absolute atomic E-state index is 0.280. The fourth-order valence-electron chi connectivity index (χ4n) is 3.73. The van der Waals surface area contributed by atoms with Crippen LogP contribution in [0.25, 0.3) is 5.57 Å². The molecule has 1 saturated heterocycles. The lowest BCUT2D eigenvalue weighted by Gasteiger charge is -2.35. The molecule has 0 radical (unpaired) electrons. The third-order valence-corrected chi connectivity index (χ3v) is 5.02. The molecule has 0 spiro atoms. The summed E-state index contributed by atoms with van der Waals surface area (Å²) in [7, 11) is 1.93. The molecule has 4 N–H and O–H groups in total. The Kier molecular flexibility index (Phi) is 5.64. The number of nitrogens with zero attached hydrogens (tertiary/aromatic N) is 5. The van der Waals surface area contributed by atoms with Crippen molar-refractivity contribution in [3.63, 3.8) is 0 Å². The fraction of sp³-hybridized carbons (Fsp3) is 0.350. The van der Waals surface area contributed by atoms with Crippen LogP contribution in [0.15, 0.2) is 36.4 Å². The number of rotatable bonds is 4. The Morgan fingerprint density at radius 1 is 1.36 bits per heavy atom. The van der Waals surface area contributed by atoms with E-state index in [-0.39, 0.29) is 5.92 Å². The highest BCUT2D eigenvalue weighted by Gasteiger charge is 2.28. The second kappa shape index (κ2) is 8.13. The highest BCUT2D eigenvalue weighted by Crippen LogP contribution is 2.37. The molecule has 1 aromatic heterocycles. The van der Waals surface area contributed by atoms with Crippen molar-refractivity contribution >= 4 is 11.3 Å². The number of allylic oxidation sites excluding steroid dienone is 3. The molecule has 0 amide bonds. The average Bonchev–Trinajstić information content (AvgIpc) is 3.12. The molecular formula is C20H24FN7. The van der Waals surface area contributed by atoms with Crippen molar-refractivity contribution in [3.05, 3.63) is 59.2 Å². The van der Waals surface area contributed by atoms with Gasteiger partial charge in [0.25, 0.3) is 0 Å². The summed E-state index contributed by atoms with van der Waals surface area (Å²) < 4.78 is 16.8. The molecule has 0 bridgehead atoms. The SMILES string of the molecule is C/C(N)=C/C(=C\N)c1c(F)ccc(C#N)c1N1CCC(c2nncn2C)CC1. The number of aromatic nitrogens is 3. The Balaban J connectivity index is 1.98. The van der Waals surface area contributed by atoms with Crippen LogP contribution in [-0.2, 0) is 7.05 Å². The largest absolute Gasteiger partial charge is 0.404 e. The molecular weight excluding hydrogens is 357 g/mol. The van der Waals surface area contributed by atoms with E-state index in [4.69, 9.17) is 11.5 Å². The predicted molar refractivity (Wildman–Crippen MR) is 106 cm³/mol. The number of anilines is 1. The molecule has 1 aliphatic rings. The zero-order chi connectivity index (χ0) is 20.3. The van der Waals surface area contributed by atoms with Gasteiger partial charge in [-0.25, -0.2) is 4.39 Å². The Hall–Kier alpha value is -3.34. The summed E-state index contributed by atoms with van der Waals surface area (Å²) in [6, 6.07) is 4.99. The highest BCUT2D eigenvalue weighted by molar-refractivity contribution is 5.85. The van der Waals surface area contributed by atoms with E-state index in [2.05, 4.69) is 16.3 Å². The van der Waals surface area contributed by atoms with Crippen molar-refractivity contribution in [2.24, 2.45) is 18.5 Å². The summed E-state index contributed by atoms with van der Waals surface area (Å²) >= 11 is 0. The first kappa shape index (κ1) is 19.4. The molecule has 3 rings (SSSR count). The van der Waals surface area contributed by atoms with Gasteiger partial charge in [-0.2, -0.15) is 5.26 Å². The van der Waals surface area contributed by atoms with E-state index in [0.717, 1.165) is 18.7 Å². The minimum atomic E-state index is -0.432. The van der Waals surface area contributed by atoms with Crippen LogP contribution in [0.3, 0.4) is 0 Å². The Morgan fingerprint density at radius 2 is 2.07 bits per heavy atom. The van der Waals surface area contributed by atoms with Crippen LogP contribution < -0.4 is 16.4 Å². The van der Waals surface area contributed by atoms with Crippen LogP contribution in [0.1, 0.15) is 42.6 Å². The Bertz CT molecular complexity index is 955. The predicted octanol–water partition coefficient (Wildman–Crippen LogP) is 2.37. The van der Waals surface area contributed by atoms with E-state index in [1.54, 1.807) is 19.3 Å². The van der Waals surface area contributed by atoms with Crippen LogP contribution in [0, 0.1) is 17.1 Å². The monoisotopic (exact) mass is 381 g/mol. The van der Waals surface area contributed by atoms with Gasteiger partial charge in [0.05, 0.1) is 11.3 Å². The van der Waals surface area contributed by atoms with E-state index < -0.39 is 5.82 Å². The van der Waals surface area contributed by atoms with Gasteiger partial charge in [0, 0.05) is 49.1 Å². The van der Waals surface area contributed by atoms with Gasteiger partial charge in [0.1, 0.15) is 24.0 Å². The molecule has 0 unspecified atom stereocenters. The molecule has 2 heterocycles. The van der Waals surface area contributed by atoms with Crippen molar-refractivity contribution in [2.45, 2.75) is 25.7 Å². The van der Waals surface area contributed by atoms with E-state index in [0.29, 0.717) is 41.2 Å². The lowest BCUT2D eigenvalue weighted by atomic mass is 9.92. The number of halogens is 1. The van der Waals surface area contributed by atoms with Gasteiger partial charge >= 0.3 is 0 Å². The maximum atomic E-state index is 14.8. The fourth-order valence-corrected chi connectivity index (χ4v) is 3.73. The molecule has 0 saturated carbocycles. The summed E-state index contributed by atoms with van der Waals surface area (Å²) in [5, 5.41) is 17.8. The van der Waals surface area contributed by atoms with Crippen molar-refractivity contribution in [3.8, 4) is 6.07 Å². The van der Waals surface area contributed by atoms with Crippen molar-refractivity contribution in [1.82, 2.24) is 14.8 Å². The Morgan fingerprint density at radius 3 is 2.61 bits per heavy atom. The van der Waals surface area contributed by atoms with Crippen LogP contribution in [-0.4, -0.2) is 27.9 Å². The van der Waals surface area contributed by atoms with Crippen molar-refractivity contribution in [2.75, 3.05) is 18.0 Å². The van der Waals surface area contributed by atoms with Crippen LogP contribution >= 0.6 is 0 Å². The molecule has 8 heteroatoms. The first-order valence-electron chi connectivity index (χ1n) is 9.13. The molecule has 0 aliphatic carbocycles. The number of hydrogen-bond acceptors (Lipinski definition) is 6. The average molecular weight is 381 g/mol. The van der Waals surface area contributed by atoms with Gasteiger partial charge in [-0.3, -0.25) is 0 Å². The molecule has 146 valence electrons. The standard InChI is InChI=1S/C20H24FN7/c1-13(24)9-16(11-23)18-17(21)4-3-15(10-22)19(18)28-7-5-14(6-8-28)20-26-25-12-27(20)2/h3-4,9,11-12,14H,5-8,23-24H2,1-2H3/b13-9-,16-11+. The van der Waals surface area contributed by atoms with Crippen LogP contribution in [0.2, 0.25) is 0 Å². The van der Waals surface area contributed by atoms with Gasteiger partial charge in [0.2, 0.25) is 0 Å². The normalized spacial score (nSPS) is 16.3. The molecule has 1 fully saturated rings. The van der Waals surface area contributed by atoms with Gasteiger partial charge in [0.15, 0.2) is 0 Å². The van der Waals surface area contributed by atoms with E-state index in [1.165, 1.54) is 18.3 Å². The van der Waals surface area contributed by atoms with Gasteiger partial charge < -0.3 is 20.9 Å². The van der Waals surface area contributed by atoms with E-state index in [9.17, 15) is 9.65 Å². The molecule has 2 aromatic rings. The number of nitriles is 1. The number of aryl methyl sites for hydroxylation is 1.